The first-order chi connectivity index (χ1) is 9.21. The summed E-state index contributed by atoms with van der Waals surface area (Å²) in [7, 11) is -3.80. The lowest BCUT2D eigenvalue weighted by Gasteiger charge is -2.25. The van der Waals surface area contributed by atoms with E-state index in [1.165, 1.54) is 18.2 Å². The summed E-state index contributed by atoms with van der Waals surface area (Å²) >= 11 is 3.09. The third-order valence-electron chi connectivity index (χ3n) is 2.66. The third kappa shape index (κ3) is 3.57. The van der Waals surface area contributed by atoms with Gasteiger partial charge in [-0.2, -0.15) is 4.31 Å². The molecule has 1 rings (SSSR count). The number of aliphatic hydroxyl groups excluding tert-OH is 1. The van der Waals surface area contributed by atoms with Gasteiger partial charge in [0.1, 0.15) is 0 Å². The summed E-state index contributed by atoms with van der Waals surface area (Å²) in [6.07, 6.45) is 0. The zero-order chi connectivity index (χ0) is 15.5. The molecule has 0 aliphatic carbocycles. The minimum absolute atomic E-state index is 0.00548. The van der Waals surface area contributed by atoms with Gasteiger partial charge in [-0.1, -0.05) is 0 Å². The molecule has 0 saturated carbocycles. The van der Waals surface area contributed by atoms with Gasteiger partial charge >= 0.3 is 5.97 Å². The molecule has 0 aromatic heterocycles. The van der Waals surface area contributed by atoms with Crippen LogP contribution in [0.5, 0.6) is 0 Å². The molecule has 0 saturated heterocycles. The number of halogens is 1. The summed E-state index contributed by atoms with van der Waals surface area (Å²) in [5.74, 6) is -1.13. The lowest BCUT2D eigenvalue weighted by atomic mass is 10.2. The Morgan fingerprint density at radius 1 is 1.40 bits per heavy atom. The van der Waals surface area contributed by atoms with Crippen molar-refractivity contribution in [2.24, 2.45) is 0 Å². The highest BCUT2D eigenvalue weighted by Crippen LogP contribution is 2.27. The second kappa shape index (κ2) is 6.66. The molecule has 1 aromatic rings. The normalized spacial score (nSPS) is 12.1. The quantitative estimate of drug-likeness (QED) is 0.796. The number of rotatable bonds is 6. The predicted molar refractivity (Wildman–Crippen MR) is 77.2 cm³/mol. The summed E-state index contributed by atoms with van der Waals surface area (Å²) in [6, 6.07) is 3.40. The van der Waals surface area contributed by atoms with Crippen LogP contribution >= 0.6 is 15.9 Å². The van der Waals surface area contributed by atoms with Crippen molar-refractivity contribution in [3.05, 3.63) is 28.2 Å². The number of carbonyl (C=O) groups is 1. The van der Waals surface area contributed by atoms with Crippen molar-refractivity contribution < 1.29 is 23.4 Å². The number of carboxylic acids is 1. The van der Waals surface area contributed by atoms with E-state index < -0.39 is 16.0 Å². The lowest BCUT2D eigenvalue weighted by molar-refractivity contribution is 0.0696. The van der Waals surface area contributed by atoms with E-state index in [9.17, 15) is 13.2 Å². The summed E-state index contributed by atoms with van der Waals surface area (Å²) < 4.78 is 26.3. The van der Waals surface area contributed by atoms with Crippen molar-refractivity contribution in [3.63, 3.8) is 0 Å². The highest BCUT2D eigenvalue weighted by molar-refractivity contribution is 9.10. The molecule has 0 heterocycles. The van der Waals surface area contributed by atoms with Gasteiger partial charge in [-0.25, -0.2) is 13.2 Å². The van der Waals surface area contributed by atoms with Gasteiger partial charge in [0.2, 0.25) is 10.0 Å². The van der Waals surface area contributed by atoms with Gasteiger partial charge in [0.05, 0.1) is 17.1 Å². The standard InChI is InChI=1S/C12H16BrNO5S/c1-8(2)14(5-6-15)20(18,19)11-4-3-9(12(16)17)7-10(11)13/h3-4,7-8,15H,5-6H2,1-2H3,(H,16,17). The van der Waals surface area contributed by atoms with Crippen molar-refractivity contribution in [2.75, 3.05) is 13.2 Å². The van der Waals surface area contributed by atoms with Crippen LogP contribution < -0.4 is 0 Å². The number of carboxylic acid groups (broad SMARTS) is 1. The van der Waals surface area contributed by atoms with E-state index in [2.05, 4.69) is 15.9 Å². The Hall–Kier alpha value is -0.960. The summed E-state index contributed by atoms with van der Waals surface area (Å²) in [5, 5.41) is 17.9. The first kappa shape index (κ1) is 17.1. The molecule has 1 aromatic carbocycles. The summed E-state index contributed by atoms with van der Waals surface area (Å²) in [5.41, 5.74) is -0.00548. The first-order valence-corrected chi connectivity index (χ1v) is 8.10. The second-order valence-electron chi connectivity index (χ2n) is 4.38. The predicted octanol–water partition coefficient (Wildman–Crippen LogP) is 1.54. The average Bonchev–Trinajstić information content (AvgIpc) is 2.34. The Bertz CT molecular complexity index is 600. The summed E-state index contributed by atoms with van der Waals surface area (Å²) in [6.45, 7) is 3.09. The molecule has 0 radical (unpaired) electrons. The zero-order valence-corrected chi connectivity index (χ0v) is 13.5. The Labute approximate surface area is 126 Å². The topological polar surface area (TPSA) is 94.9 Å². The van der Waals surface area contributed by atoms with Crippen LogP contribution in [0.15, 0.2) is 27.6 Å². The molecule has 8 heteroatoms. The van der Waals surface area contributed by atoms with E-state index in [4.69, 9.17) is 10.2 Å². The molecular formula is C12H16BrNO5S. The van der Waals surface area contributed by atoms with Crippen LogP contribution in [0.4, 0.5) is 0 Å². The Kier molecular flexibility index (Phi) is 5.69. The van der Waals surface area contributed by atoms with E-state index in [1.54, 1.807) is 13.8 Å². The van der Waals surface area contributed by atoms with Gasteiger partial charge in [-0.05, 0) is 48.0 Å². The fourth-order valence-corrected chi connectivity index (χ4v) is 4.39. The van der Waals surface area contributed by atoms with Gasteiger partial charge in [-0.15, -0.1) is 0 Å². The van der Waals surface area contributed by atoms with Gasteiger partial charge in [0.25, 0.3) is 0 Å². The van der Waals surface area contributed by atoms with Gasteiger partial charge in [0, 0.05) is 17.1 Å². The number of nitrogens with zero attached hydrogens (tertiary/aromatic N) is 1. The van der Waals surface area contributed by atoms with Crippen LogP contribution in [0, 0.1) is 0 Å². The molecule has 0 atom stereocenters. The largest absolute Gasteiger partial charge is 0.478 e. The lowest BCUT2D eigenvalue weighted by Crippen LogP contribution is -2.39. The number of hydrogen-bond donors (Lipinski definition) is 2. The fourth-order valence-electron chi connectivity index (χ4n) is 1.72. The fraction of sp³-hybridized carbons (Fsp3) is 0.417. The van der Waals surface area contributed by atoms with Crippen LogP contribution in [0.1, 0.15) is 24.2 Å². The Balaban J connectivity index is 3.31. The molecule has 20 heavy (non-hydrogen) atoms. The van der Waals surface area contributed by atoms with E-state index in [-0.39, 0.29) is 34.1 Å². The van der Waals surface area contributed by atoms with Gasteiger partial charge in [0.15, 0.2) is 0 Å². The van der Waals surface area contributed by atoms with Crippen LogP contribution in [0.3, 0.4) is 0 Å². The number of aliphatic hydroxyl groups is 1. The SMILES string of the molecule is CC(C)N(CCO)S(=O)(=O)c1ccc(C(=O)O)cc1Br. The minimum atomic E-state index is -3.80. The number of benzene rings is 1. The molecule has 0 fully saturated rings. The number of sulfonamides is 1. The van der Waals surface area contributed by atoms with Crippen LogP contribution in [0.25, 0.3) is 0 Å². The van der Waals surface area contributed by atoms with Gasteiger partial charge < -0.3 is 10.2 Å². The molecule has 6 nitrogen and oxygen atoms in total. The van der Waals surface area contributed by atoms with Crippen LogP contribution in [-0.2, 0) is 10.0 Å². The average molecular weight is 366 g/mol. The summed E-state index contributed by atoms with van der Waals surface area (Å²) in [4.78, 5) is 10.8. The maximum absolute atomic E-state index is 12.5. The molecule has 0 aliphatic heterocycles. The van der Waals surface area contributed by atoms with Crippen molar-refractivity contribution in [1.82, 2.24) is 4.31 Å². The smallest absolute Gasteiger partial charge is 0.335 e. The molecule has 2 N–H and O–H groups in total. The van der Waals surface area contributed by atoms with Crippen LogP contribution in [-0.4, -0.2) is 48.1 Å². The highest BCUT2D eigenvalue weighted by atomic mass is 79.9. The van der Waals surface area contributed by atoms with E-state index >= 15 is 0 Å². The van der Waals surface area contributed by atoms with Crippen molar-refractivity contribution in [3.8, 4) is 0 Å². The number of aromatic carboxylic acids is 1. The monoisotopic (exact) mass is 365 g/mol. The molecule has 0 unspecified atom stereocenters. The molecule has 0 bridgehead atoms. The van der Waals surface area contributed by atoms with Gasteiger partial charge in [-0.3, -0.25) is 0 Å². The molecule has 112 valence electrons. The van der Waals surface area contributed by atoms with E-state index in [1.807, 2.05) is 0 Å². The third-order valence-corrected chi connectivity index (χ3v) is 5.71. The maximum Gasteiger partial charge on any atom is 0.335 e. The Morgan fingerprint density at radius 2 is 2.00 bits per heavy atom. The molecule has 0 aliphatic rings. The molecular weight excluding hydrogens is 350 g/mol. The van der Waals surface area contributed by atoms with Crippen molar-refractivity contribution >= 4 is 31.9 Å². The van der Waals surface area contributed by atoms with Crippen LogP contribution in [0.2, 0.25) is 0 Å². The highest BCUT2D eigenvalue weighted by Gasteiger charge is 2.28. The second-order valence-corrected chi connectivity index (χ2v) is 7.10. The first-order valence-electron chi connectivity index (χ1n) is 5.87. The minimum Gasteiger partial charge on any atom is -0.478 e. The van der Waals surface area contributed by atoms with E-state index in [0.717, 1.165) is 4.31 Å². The van der Waals surface area contributed by atoms with Crippen molar-refractivity contribution in [2.45, 2.75) is 24.8 Å². The molecule has 0 spiro atoms. The van der Waals surface area contributed by atoms with Crippen molar-refractivity contribution in [1.29, 1.82) is 0 Å². The maximum atomic E-state index is 12.5. The Morgan fingerprint density at radius 3 is 2.40 bits per heavy atom. The molecule has 0 amide bonds. The zero-order valence-electron chi connectivity index (χ0n) is 11.1. The number of hydrogen-bond acceptors (Lipinski definition) is 4. The van der Waals surface area contributed by atoms with E-state index in [0.29, 0.717) is 0 Å².